The Morgan fingerprint density at radius 3 is 2.60 bits per heavy atom. The Labute approximate surface area is 121 Å². The first-order valence-corrected chi connectivity index (χ1v) is 6.56. The van der Waals surface area contributed by atoms with Crippen molar-refractivity contribution in [1.82, 2.24) is 0 Å². The number of anilines is 1. The van der Waals surface area contributed by atoms with E-state index in [4.69, 9.17) is 17.3 Å². The average Bonchev–Trinajstić information content (AvgIpc) is 2.43. The van der Waals surface area contributed by atoms with E-state index in [-0.39, 0.29) is 18.4 Å². The molecule has 0 aromatic heterocycles. The topological polar surface area (TPSA) is 38.0 Å². The molecular formula is C15H15ClF2N2. The van der Waals surface area contributed by atoms with E-state index in [1.807, 2.05) is 0 Å². The van der Waals surface area contributed by atoms with Gasteiger partial charge in [0.15, 0.2) is 0 Å². The number of halogens is 3. The molecule has 0 amide bonds. The molecule has 0 spiro atoms. The van der Waals surface area contributed by atoms with Crippen molar-refractivity contribution in [2.24, 2.45) is 5.73 Å². The van der Waals surface area contributed by atoms with Gasteiger partial charge in [-0.3, -0.25) is 0 Å². The van der Waals surface area contributed by atoms with Gasteiger partial charge in [-0.2, -0.15) is 0 Å². The van der Waals surface area contributed by atoms with Gasteiger partial charge in [0.1, 0.15) is 11.6 Å². The van der Waals surface area contributed by atoms with Crippen molar-refractivity contribution in [3.05, 3.63) is 64.2 Å². The Kier molecular flexibility index (Phi) is 4.57. The summed E-state index contributed by atoms with van der Waals surface area (Å²) >= 11 is 6.00. The minimum absolute atomic E-state index is 0.231. The van der Waals surface area contributed by atoms with Crippen molar-refractivity contribution in [2.75, 3.05) is 11.9 Å². The summed E-state index contributed by atoms with van der Waals surface area (Å²) < 4.78 is 26.8. The van der Waals surface area contributed by atoms with E-state index in [1.165, 1.54) is 24.3 Å². The molecule has 5 heteroatoms. The van der Waals surface area contributed by atoms with Crippen molar-refractivity contribution < 1.29 is 8.78 Å². The van der Waals surface area contributed by atoms with Crippen LogP contribution in [0.15, 0.2) is 36.4 Å². The summed E-state index contributed by atoms with van der Waals surface area (Å²) in [5.74, 6) is -0.698. The molecule has 0 heterocycles. The van der Waals surface area contributed by atoms with Crippen LogP contribution in [0.1, 0.15) is 17.2 Å². The van der Waals surface area contributed by atoms with Gasteiger partial charge >= 0.3 is 0 Å². The Hall–Kier alpha value is -1.65. The van der Waals surface area contributed by atoms with E-state index in [2.05, 4.69) is 5.32 Å². The van der Waals surface area contributed by atoms with Gasteiger partial charge in [0.05, 0.1) is 16.8 Å². The number of hydrogen-bond acceptors (Lipinski definition) is 2. The maximum absolute atomic E-state index is 13.6. The molecule has 2 nitrogen and oxygen atoms in total. The minimum Gasteiger partial charge on any atom is -0.376 e. The standard InChI is InChI=1S/C15H15ClF2N2/c1-9-2-3-10(6-13(9)18)15(8-19)20-14-7-11(17)4-5-12(14)16/h2-7,15,20H,8,19H2,1H3. The zero-order valence-corrected chi connectivity index (χ0v) is 11.7. The predicted octanol–water partition coefficient (Wildman–Crippen LogP) is 4.04. The number of hydrogen-bond donors (Lipinski definition) is 2. The van der Waals surface area contributed by atoms with Crippen LogP contribution in [0.25, 0.3) is 0 Å². The number of aryl methyl sites for hydroxylation is 1. The van der Waals surface area contributed by atoms with Crippen LogP contribution >= 0.6 is 11.6 Å². The van der Waals surface area contributed by atoms with Gasteiger partial charge in [-0.15, -0.1) is 0 Å². The first-order chi connectivity index (χ1) is 9.51. The SMILES string of the molecule is Cc1ccc(C(CN)Nc2cc(F)ccc2Cl)cc1F. The molecule has 0 radical (unpaired) electrons. The summed E-state index contributed by atoms with van der Waals surface area (Å²) in [4.78, 5) is 0. The Morgan fingerprint density at radius 2 is 1.95 bits per heavy atom. The first-order valence-electron chi connectivity index (χ1n) is 6.19. The Balaban J connectivity index is 2.28. The fraction of sp³-hybridized carbons (Fsp3) is 0.200. The van der Waals surface area contributed by atoms with Crippen molar-refractivity contribution in [2.45, 2.75) is 13.0 Å². The van der Waals surface area contributed by atoms with Crippen LogP contribution in [0.5, 0.6) is 0 Å². The molecule has 1 atom stereocenters. The lowest BCUT2D eigenvalue weighted by Crippen LogP contribution is -2.21. The molecule has 0 aliphatic heterocycles. The summed E-state index contributed by atoms with van der Waals surface area (Å²) in [7, 11) is 0. The molecule has 0 aliphatic rings. The lowest BCUT2D eigenvalue weighted by atomic mass is 10.0. The lowest BCUT2D eigenvalue weighted by Gasteiger charge is -2.20. The molecule has 0 fully saturated rings. The molecular weight excluding hydrogens is 282 g/mol. The maximum Gasteiger partial charge on any atom is 0.126 e. The zero-order chi connectivity index (χ0) is 14.7. The van der Waals surface area contributed by atoms with Gasteiger partial charge in [-0.05, 0) is 42.3 Å². The molecule has 2 aromatic rings. The van der Waals surface area contributed by atoms with Gasteiger partial charge < -0.3 is 11.1 Å². The number of rotatable bonds is 4. The Morgan fingerprint density at radius 1 is 1.20 bits per heavy atom. The summed E-state index contributed by atoms with van der Waals surface area (Å²) in [6, 6.07) is 8.57. The highest BCUT2D eigenvalue weighted by Crippen LogP contribution is 2.27. The molecule has 0 saturated carbocycles. The van der Waals surface area contributed by atoms with Crippen LogP contribution in [-0.4, -0.2) is 6.54 Å². The van der Waals surface area contributed by atoms with Crippen LogP contribution in [0.3, 0.4) is 0 Å². The molecule has 106 valence electrons. The molecule has 1 unspecified atom stereocenters. The predicted molar refractivity (Wildman–Crippen MR) is 78.0 cm³/mol. The third-order valence-corrected chi connectivity index (χ3v) is 3.42. The molecule has 20 heavy (non-hydrogen) atoms. The molecule has 2 aromatic carbocycles. The zero-order valence-electron chi connectivity index (χ0n) is 11.0. The van der Waals surface area contributed by atoms with Gasteiger partial charge in [0, 0.05) is 6.54 Å². The Bertz CT molecular complexity index is 617. The van der Waals surface area contributed by atoms with Crippen molar-refractivity contribution in [3.63, 3.8) is 0 Å². The van der Waals surface area contributed by atoms with Gasteiger partial charge in [-0.1, -0.05) is 23.7 Å². The summed E-state index contributed by atoms with van der Waals surface area (Å²) in [5.41, 5.74) is 7.39. The molecule has 0 saturated heterocycles. The average molecular weight is 297 g/mol. The van der Waals surface area contributed by atoms with E-state index >= 15 is 0 Å². The lowest BCUT2D eigenvalue weighted by molar-refractivity contribution is 0.612. The fourth-order valence-corrected chi connectivity index (χ4v) is 2.07. The van der Waals surface area contributed by atoms with Crippen molar-refractivity contribution in [1.29, 1.82) is 0 Å². The summed E-state index contributed by atoms with van der Waals surface area (Å²) in [6.45, 7) is 1.92. The summed E-state index contributed by atoms with van der Waals surface area (Å²) in [5, 5.41) is 3.42. The largest absolute Gasteiger partial charge is 0.376 e. The summed E-state index contributed by atoms with van der Waals surface area (Å²) in [6.07, 6.45) is 0. The second-order valence-corrected chi connectivity index (χ2v) is 4.97. The smallest absolute Gasteiger partial charge is 0.126 e. The third-order valence-electron chi connectivity index (χ3n) is 3.09. The fourth-order valence-electron chi connectivity index (χ4n) is 1.90. The quantitative estimate of drug-likeness (QED) is 0.893. The van der Waals surface area contributed by atoms with Gasteiger partial charge in [0.25, 0.3) is 0 Å². The van der Waals surface area contributed by atoms with E-state index in [9.17, 15) is 8.78 Å². The van der Waals surface area contributed by atoms with Crippen LogP contribution in [-0.2, 0) is 0 Å². The van der Waals surface area contributed by atoms with Gasteiger partial charge in [0.2, 0.25) is 0 Å². The van der Waals surface area contributed by atoms with Crippen LogP contribution in [0.4, 0.5) is 14.5 Å². The highest BCUT2D eigenvalue weighted by atomic mass is 35.5. The number of nitrogens with one attached hydrogen (secondary N) is 1. The molecule has 2 rings (SSSR count). The van der Waals surface area contributed by atoms with E-state index in [0.717, 1.165) is 0 Å². The molecule has 0 aliphatic carbocycles. The van der Waals surface area contributed by atoms with Crippen LogP contribution in [0, 0.1) is 18.6 Å². The van der Waals surface area contributed by atoms with E-state index < -0.39 is 5.82 Å². The maximum atomic E-state index is 13.6. The van der Waals surface area contributed by atoms with Crippen molar-refractivity contribution in [3.8, 4) is 0 Å². The molecule has 0 bridgehead atoms. The van der Waals surface area contributed by atoms with Crippen LogP contribution < -0.4 is 11.1 Å². The highest BCUT2D eigenvalue weighted by Gasteiger charge is 2.13. The third kappa shape index (κ3) is 3.26. The number of nitrogens with two attached hydrogens (primary N) is 1. The van der Waals surface area contributed by atoms with Crippen LogP contribution in [0.2, 0.25) is 5.02 Å². The normalized spacial score (nSPS) is 12.2. The van der Waals surface area contributed by atoms with E-state index in [0.29, 0.717) is 21.8 Å². The second-order valence-electron chi connectivity index (χ2n) is 4.57. The number of benzene rings is 2. The first kappa shape index (κ1) is 14.8. The van der Waals surface area contributed by atoms with Gasteiger partial charge in [-0.25, -0.2) is 8.78 Å². The molecule has 3 N–H and O–H groups in total. The van der Waals surface area contributed by atoms with E-state index in [1.54, 1.807) is 19.1 Å². The minimum atomic E-state index is -0.400. The second kappa shape index (κ2) is 6.20. The van der Waals surface area contributed by atoms with Crippen molar-refractivity contribution >= 4 is 17.3 Å². The monoisotopic (exact) mass is 296 g/mol. The highest BCUT2D eigenvalue weighted by molar-refractivity contribution is 6.33.